The first-order valence-corrected chi connectivity index (χ1v) is 13.2. The van der Waals surface area contributed by atoms with E-state index in [0.29, 0.717) is 31.0 Å². The van der Waals surface area contributed by atoms with Gasteiger partial charge in [-0.2, -0.15) is 0 Å². The maximum atomic E-state index is 13.0. The first-order chi connectivity index (χ1) is 17.2. The summed E-state index contributed by atoms with van der Waals surface area (Å²) in [6.07, 6.45) is 2.65. The normalized spacial score (nSPS) is 32.7. The lowest BCUT2D eigenvalue weighted by Gasteiger charge is -2.47. The second-order valence-electron chi connectivity index (χ2n) is 9.88. The van der Waals surface area contributed by atoms with Crippen LogP contribution in [0, 0.1) is 11.8 Å². The fraction of sp³-hybridized carbons (Fsp3) is 0.696. The Morgan fingerprint density at radius 3 is 2.81 bits per heavy atom. The third kappa shape index (κ3) is 4.83. The third-order valence-electron chi connectivity index (χ3n) is 7.51. The van der Waals surface area contributed by atoms with Gasteiger partial charge in [0.1, 0.15) is 5.70 Å². The summed E-state index contributed by atoms with van der Waals surface area (Å²) in [6, 6.07) is -1.02. The van der Waals surface area contributed by atoms with Crippen molar-refractivity contribution in [2.75, 3.05) is 33.2 Å². The Balaban J connectivity index is 1.41. The molecule has 4 heterocycles. The number of hydrogen-bond donors (Lipinski definition) is 5. The summed E-state index contributed by atoms with van der Waals surface area (Å²) in [6.45, 7) is 5.63. The highest BCUT2D eigenvalue weighted by Gasteiger charge is 2.60. The van der Waals surface area contributed by atoms with Crippen molar-refractivity contribution < 1.29 is 24.3 Å². The van der Waals surface area contributed by atoms with Crippen molar-refractivity contribution in [3.8, 4) is 0 Å². The van der Waals surface area contributed by atoms with Crippen LogP contribution in [-0.4, -0.2) is 108 Å². The second kappa shape index (κ2) is 10.8. The molecule has 198 valence electrons. The van der Waals surface area contributed by atoms with Crippen molar-refractivity contribution >= 4 is 41.8 Å². The molecule has 3 amide bonds. The number of amides is 3. The van der Waals surface area contributed by atoms with Crippen LogP contribution in [0.2, 0.25) is 0 Å². The third-order valence-corrected chi connectivity index (χ3v) is 9.02. The van der Waals surface area contributed by atoms with E-state index in [2.05, 4.69) is 20.9 Å². The van der Waals surface area contributed by atoms with Crippen LogP contribution < -0.4 is 21.7 Å². The number of nitrogens with zero attached hydrogens (tertiary/aromatic N) is 3. The van der Waals surface area contributed by atoms with Gasteiger partial charge in [-0.3, -0.25) is 19.4 Å². The Bertz CT molecular complexity index is 988. The van der Waals surface area contributed by atoms with E-state index in [-0.39, 0.29) is 59.3 Å². The predicted octanol–water partition coefficient (Wildman–Crippen LogP) is -1.46. The van der Waals surface area contributed by atoms with Crippen LogP contribution in [-0.2, 0) is 19.2 Å². The zero-order valence-corrected chi connectivity index (χ0v) is 21.6. The molecule has 0 aromatic rings. The zero-order chi connectivity index (χ0) is 26.1. The number of thioether (sulfide) groups is 1. The summed E-state index contributed by atoms with van der Waals surface area (Å²) >= 11 is 1.45. The van der Waals surface area contributed by atoms with E-state index in [4.69, 9.17) is 5.73 Å². The molecule has 3 saturated heterocycles. The number of nitrogens with two attached hydrogens (primary N) is 1. The number of carbonyl (C=O) groups is 4. The maximum Gasteiger partial charge on any atom is 0.353 e. The summed E-state index contributed by atoms with van der Waals surface area (Å²) in [5.41, 5.74) is 5.41. The zero-order valence-electron chi connectivity index (χ0n) is 20.8. The Kier molecular flexibility index (Phi) is 7.90. The van der Waals surface area contributed by atoms with Gasteiger partial charge >= 0.3 is 5.97 Å². The van der Waals surface area contributed by atoms with Gasteiger partial charge < -0.3 is 36.6 Å². The lowest BCUT2D eigenvalue weighted by Crippen LogP contribution is -2.66. The average Bonchev–Trinajstić information content (AvgIpc) is 3.53. The molecule has 0 aromatic heterocycles. The summed E-state index contributed by atoms with van der Waals surface area (Å²) in [7, 11) is 1.67. The largest absolute Gasteiger partial charge is 0.477 e. The standard InChI is InChI=1S/C23H35N7O5S/c1-11-18-17(12(2)28-16(31)8-25-3)22(33)30(18)19(23(34)35)20(11)36-14-6-15(26-7-14)21(32)29-5-4-13(9-29)27-10-24/h10-15,17-18,25-26H,4-9H2,1-3H3,(H2,24,27)(H,28,31)(H,34,35)/t11-,12-,13+,14+,15+,17-,18-/m1/s1. The minimum absolute atomic E-state index is 0.00576. The molecule has 4 aliphatic heterocycles. The van der Waals surface area contributed by atoms with Gasteiger partial charge in [0.25, 0.3) is 0 Å². The number of likely N-dealkylation sites (tertiary alicyclic amines) is 1. The van der Waals surface area contributed by atoms with Crippen LogP contribution in [0.25, 0.3) is 0 Å². The van der Waals surface area contributed by atoms with Crippen LogP contribution in [0.4, 0.5) is 0 Å². The van der Waals surface area contributed by atoms with Gasteiger partial charge in [-0.25, -0.2) is 4.79 Å². The Hall–Kier alpha value is -2.64. The fourth-order valence-electron chi connectivity index (χ4n) is 5.82. The van der Waals surface area contributed by atoms with Gasteiger partial charge in [0, 0.05) is 41.7 Å². The number of carboxylic acids is 1. The number of β-lactam (4-membered cyclic amide) rings is 1. The number of aliphatic carboxylic acids is 1. The van der Waals surface area contributed by atoms with Crippen LogP contribution in [0.5, 0.6) is 0 Å². The van der Waals surface area contributed by atoms with E-state index < -0.39 is 17.9 Å². The molecule has 36 heavy (non-hydrogen) atoms. The number of nitrogens with one attached hydrogen (secondary N) is 3. The van der Waals surface area contributed by atoms with Crippen LogP contribution in [0.3, 0.4) is 0 Å². The highest BCUT2D eigenvalue weighted by atomic mass is 32.2. The van der Waals surface area contributed by atoms with Crippen molar-refractivity contribution in [2.24, 2.45) is 22.6 Å². The molecule has 0 bridgehead atoms. The quantitative estimate of drug-likeness (QED) is 0.138. The molecule has 4 aliphatic rings. The van der Waals surface area contributed by atoms with Gasteiger partial charge in [0.05, 0.1) is 36.9 Å². The highest BCUT2D eigenvalue weighted by molar-refractivity contribution is 8.03. The summed E-state index contributed by atoms with van der Waals surface area (Å²) in [5, 5.41) is 18.9. The van der Waals surface area contributed by atoms with Gasteiger partial charge in [-0.15, -0.1) is 11.8 Å². The molecule has 7 atom stereocenters. The molecule has 0 radical (unpaired) electrons. The first kappa shape index (κ1) is 26.4. The van der Waals surface area contributed by atoms with E-state index in [1.165, 1.54) is 23.0 Å². The minimum atomic E-state index is -1.13. The van der Waals surface area contributed by atoms with Crippen LogP contribution >= 0.6 is 11.8 Å². The summed E-state index contributed by atoms with van der Waals surface area (Å²) in [4.78, 5) is 58.3. The first-order valence-electron chi connectivity index (χ1n) is 12.3. The van der Waals surface area contributed by atoms with Crippen molar-refractivity contribution in [1.29, 1.82) is 0 Å². The molecule has 13 heteroatoms. The monoisotopic (exact) mass is 521 g/mol. The molecule has 0 spiro atoms. The molecule has 12 nitrogen and oxygen atoms in total. The molecule has 0 saturated carbocycles. The van der Waals surface area contributed by atoms with Gasteiger partial charge in [0.15, 0.2) is 0 Å². The molecule has 0 aromatic carbocycles. The highest BCUT2D eigenvalue weighted by Crippen LogP contribution is 2.51. The van der Waals surface area contributed by atoms with Crippen LogP contribution in [0.1, 0.15) is 26.7 Å². The molecular formula is C23H35N7O5S. The maximum absolute atomic E-state index is 13.0. The van der Waals surface area contributed by atoms with Gasteiger partial charge in [-0.1, -0.05) is 6.92 Å². The predicted molar refractivity (Wildman–Crippen MR) is 135 cm³/mol. The molecule has 0 unspecified atom stereocenters. The van der Waals surface area contributed by atoms with Crippen LogP contribution in [0.15, 0.2) is 15.6 Å². The Morgan fingerprint density at radius 2 is 2.14 bits per heavy atom. The SMILES string of the molecule is CNCC(=O)N[C@H](C)[C@H]1C(=O)N2C(C(=O)O)=C(S[C@@H]3CN[C@H](C(=O)N4CC[C@H](N=CN)C4)C3)[C@H](C)[C@H]12. The van der Waals surface area contributed by atoms with Crippen molar-refractivity contribution in [3.63, 3.8) is 0 Å². The van der Waals surface area contributed by atoms with E-state index in [1.54, 1.807) is 14.0 Å². The number of hydrogen-bond acceptors (Lipinski definition) is 8. The summed E-state index contributed by atoms with van der Waals surface area (Å²) in [5.74, 6) is -2.26. The van der Waals surface area contributed by atoms with Crippen molar-refractivity contribution in [2.45, 2.75) is 56.1 Å². The second-order valence-corrected chi connectivity index (χ2v) is 11.2. The fourth-order valence-corrected chi connectivity index (χ4v) is 7.30. The molecule has 6 N–H and O–H groups in total. The van der Waals surface area contributed by atoms with E-state index in [0.717, 1.165) is 6.42 Å². The number of likely N-dealkylation sites (N-methyl/N-ethyl adjacent to an activating group) is 1. The Morgan fingerprint density at radius 1 is 1.39 bits per heavy atom. The van der Waals surface area contributed by atoms with E-state index in [9.17, 15) is 24.3 Å². The van der Waals surface area contributed by atoms with Gasteiger partial charge in [0.2, 0.25) is 17.7 Å². The van der Waals surface area contributed by atoms with Crippen molar-refractivity contribution in [3.05, 3.63) is 10.6 Å². The average molecular weight is 522 g/mol. The molecule has 0 aliphatic carbocycles. The number of rotatable bonds is 9. The van der Waals surface area contributed by atoms with E-state index in [1.807, 2.05) is 11.8 Å². The van der Waals surface area contributed by atoms with Gasteiger partial charge in [-0.05, 0) is 26.8 Å². The Labute approximate surface area is 214 Å². The lowest BCUT2D eigenvalue weighted by molar-refractivity contribution is -0.158. The minimum Gasteiger partial charge on any atom is -0.477 e. The van der Waals surface area contributed by atoms with E-state index >= 15 is 0 Å². The molecular weight excluding hydrogens is 486 g/mol. The topological polar surface area (TPSA) is 169 Å². The smallest absolute Gasteiger partial charge is 0.353 e. The molecule has 4 rings (SSSR count). The number of carbonyl (C=O) groups excluding carboxylic acids is 3. The number of carboxylic acid groups (broad SMARTS) is 1. The van der Waals surface area contributed by atoms with Crippen molar-refractivity contribution in [1.82, 2.24) is 25.8 Å². The lowest BCUT2D eigenvalue weighted by atomic mass is 9.78. The molecule has 3 fully saturated rings. The number of aliphatic imine (C=N–C) groups is 1. The number of fused-ring (bicyclic) bond motifs is 1. The summed E-state index contributed by atoms with van der Waals surface area (Å²) < 4.78 is 0.